The van der Waals surface area contributed by atoms with E-state index in [1.54, 1.807) is 30.3 Å². The van der Waals surface area contributed by atoms with Crippen molar-refractivity contribution in [2.75, 3.05) is 24.2 Å². The van der Waals surface area contributed by atoms with Crippen LogP contribution in [0.4, 0.5) is 5.69 Å². The third-order valence-electron chi connectivity index (χ3n) is 6.44. The summed E-state index contributed by atoms with van der Waals surface area (Å²) in [4.78, 5) is 28.3. The zero-order valence-electron chi connectivity index (χ0n) is 22.2. The molecule has 0 heterocycles. The number of rotatable bonds is 12. The van der Waals surface area contributed by atoms with Crippen molar-refractivity contribution in [1.29, 1.82) is 0 Å². The highest BCUT2D eigenvalue weighted by Crippen LogP contribution is 2.28. The Morgan fingerprint density at radius 3 is 2.13 bits per heavy atom. The molecule has 0 fully saturated rings. The molecule has 1 atom stereocenters. The normalized spacial score (nSPS) is 12.0. The standard InChI is InChI=1S/C29H33Cl2N3O4S/c1-21-11-7-8-16-26(21)34(39(3,37)38)18-10-17-28(35)33(20-23-24(30)14-9-15-25(23)31)27(29(36)32-2)19-22-12-5-4-6-13-22/h4-9,11-16,27H,10,17-20H2,1-3H3,(H,32,36). The molecule has 3 aromatic carbocycles. The van der Waals surface area contributed by atoms with Crippen molar-refractivity contribution >= 4 is 50.7 Å². The maximum Gasteiger partial charge on any atom is 0.242 e. The van der Waals surface area contributed by atoms with E-state index in [1.165, 1.54) is 16.3 Å². The Morgan fingerprint density at radius 1 is 0.923 bits per heavy atom. The summed E-state index contributed by atoms with van der Waals surface area (Å²) < 4.78 is 26.5. The lowest BCUT2D eigenvalue weighted by molar-refractivity contribution is -0.141. The number of likely N-dealkylation sites (N-methyl/N-ethyl adjacent to an activating group) is 1. The minimum absolute atomic E-state index is 0.0161. The average Bonchev–Trinajstić information content (AvgIpc) is 2.90. The molecule has 3 aromatic rings. The van der Waals surface area contributed by atoms with Crippen LogP contribution in [0.25, 0.3) is 0 Å². The van der Waals surface area contributed by atoms with E-state index in [0.717, 1.165) is 17.4 Å². The van der Waals surface area contributed by atoms with Gasteiger partial charge in [0.05, 0.1) is 11.9 Å². The quantitative estimate of drug-likeness (QED) is 0.313. The number of para-hydroxylation sites is 1. The number of nitrogens with one attached hydrogen (secondary N) is 1. The van der Waals surface area contributed by atoms with E-state index in [1.807, 2.05) is 49.4 Å². The summed E-state index contributed by atoms with van der Waals surface area (Å²) in [6.07, 6.45) is 1.70. The molecule has 1 N–H and O–H groups in total. The molecule has 0 aliphatic carbocycles. The Morgan fingerprint density at radius 2 is 1.54 bits per heavy atom. The van der Waals surface area contributed by atoms with Crippen LogP contribution in [-0.4, -0.2) is 51.0 Å². The monoisotopic (exact) mass is 589 g/mol. The fourth-order valence-corrected chi connectivity index (χ4v) is 5.94. The number of carbonyl (C=O) groups excluding carboxylic acids is 2. The summed E-state index contributed by atoms with van der Waals surface area (Å²) in [7, 11) is -2.06. The number of carbonyl (C=O) groups is 2. The Hall–Kier alpha value is -3.07. The van der Waals surface area contributed by atoms with Gasteiger partial charge >= 0.3 is 0 Å². The zero-order chi connectivity index (χ0) is 28.6. The van der Waals surface area contributed by atoms with Crippen LogP contribution in [0.5, 0.6) is 0 Å². The zero-order valence-corrected chi connectivity index (χ0v) is 24.6. The van der Waals surface area contributed by atoms with Gasteiger partial charge in [-0.05, 0) is 42.7 Å². The Kier molecular flexibility index (Phi) is 10.8. The fraction of sp³-hybridized carbons (Fsp3) is 0.310. The summed E-state index contributed by atoms with van der Waals surface area (Å²) in [6, 6.07) is 20.9. The van der Waals surface area contributed by atoms with Crippen molar-refractivity contribution < 1.29 is 18.0 Å². The second-order valence-electron chi connectivity index (χ2n) is 9.27. The molecule has 0 aromatic heterocycles. The van der Waals surface area contributed by atoms with Crippen molar-refractivity contribution in [3.8, 4) is 0 Å². The molecule has 2 amide bonds. The van der Waals surface area contributed by atoms with Crippen LogP contribution in [0, 0.1) is 6.92 Å². The summed E-state index contributed by atoms with van der Waals surface area (Å²) in [6.45, 7) is 1.97. The molecule has 0 saturated heterocycles. The highest BCUT2D eigenvalue weighted by atomic mass is 35.5. The van der Waals surface area contributed by atoms with Gasteiger partial charge in [-0.1, -0.05) is 77.8 Å². The second-order valence-corrected chi connectivity index (χ2v) is 12.0. The second kappa shape index (κ2) is 13.8. The minimum atomic E-state index is -3.58. The first-order valence-corrected chi connectivity index (χ1v) is 15.1. The third kappa shape index (κ3) is 8.21. The Balaban J connectivity index is 1.90. The summed E-state index contributed by atoms with van der Waals surface area (Å²) in [5, 5.41) is 3.45. The van der Waals surface area contributed by atoms with Crippen LogP contribution in [0.15, 0.2) is 72.8 Å². The van der Waals surface area contributed by atoms with E-state index < -0.39 is 16.1 Å². The van der Waals surface area contributed by atoms with Crippen molar-refractivity contribution in [1.82, 2.24) is 10.2 Å². The smallest absolute Gasteiger partial charge is 0.242 e. The highest BCUT2D eigenvalue weighted by molar-refractivity contribution is 7.92. The molecule has 3 rings (SSSR count). The summed E-state index contributed by atoms with van der Waals surface area (Å²) in [5.41, 5.74) is 2.80. The molecule has 7 nitrogen and oxygen atoms in total. The van der Waals surface area contributed by atoms with Crippen LogP contribution in [0.2, 0.25) is 10.0 Å². The van der Waals surface area contributed by atoms with Crippen LogP contribution in [0.3, 0.4) is 0 Å². The molecule has 0 spiro atoms. The Bertz CT molecular complexity index is 1380. The van der Waals surface area contributed by atoms with Gasteiger partial charge in [0.25, 0.3) is 0 Å². The van der Waals surface area contributed by atoms with E-state index in [2.05, 4.69) is 5.32 Å². The lowest BCUT2D eigenvalue weighted by Gasteiger charge is -2.32. The van der Waals surface area contributed by atoms with Crippen molar-refractivity contribution in [2.45, 2.75) is 38.8 Å². The first-order chi connectivity index (χ1) is 18.5. The first kappa shape index (κ1) is 30.5. The van der Waals surface area contributed by atoms with Gasteiger partial charge in [0.2, 0.25) is 21.8 Å². The number of anilines is 1. The van der Waals surface area contributed by atoms with Gasteiger partial charge in [-0.3, -0.25) is 13.9 Å². The van der Waals surface area contributed by atoms with E-state index in [0.29, 0.717) is 21.3 Å². The molecular formula is C29H33Cl2N3O4S. The number of nitrogens with zero attached hydrogens (tertiary/aromatic N) is 2. The van der Waals surface area contributed by atoms with Crippen LogP contribution in [0.1, 0.15) is 29.5 Å². The van der Waals surface area contributed by atoms with E-state index >= 15 is 0 Å². The molecule has 0 aliphatic rings. The number of amides is 2. The summed E-state index contributed by atoms with van der Waals surface area (Å²) in [5.74, 6) is -0.637. The molecule has 39 heavy (non-hydrogen) atoms. The van der Waals surface area contributed by atoms with Gasteiger partial charge in [0.1, 0.15) is 6.04 Å². The van der Waals surface area contributed by atoms with Gasteiger partial charge in [0, 0.05) is 48.6 Å². The summed E-state index contributed by atoms with van der Waals surface area (Å²) >= 11 is 12.9. The lowest BCUT2D eigenvalue weighted by Crippen LogP contribution is -2.50. The third-order valence-corrected chi connectivity index (χ3v) is 8.33. The maximum atomic E-state index is 13.7. The first-order valence-electron chi connectivity index (χ1n) is 12.5. The number of hydrogen-bond donors (Lipinski definition) is 1. The van der Waals surface area contributed by atoms with Gasteiger partial charge in [0.15, 0.2) is 0 Å². The van der Waals surface area contributed by atoms with E-state index in [9.17, 15) is 18.0 Å². The lowest BCUT2D eigenvalue weighted by atomic mass is 10.0. The van der Waals surface area contributed by atoms with Crippen LogP contribution >= 0.6 is 23.2 Å². The number of sulfonamides is 1. The predicted molar refractivity (Wildman–Crippen MR) is 158 cm³/mol. The van der Waals surface area contributed by atoms with Crippen molar-refractivity contribution in [3.05, 3.63) is 99.5 Å². The maximum absolute atomic E-state index is 13.7. The Labute approximate surface area is 240 Å². The number of halogens is 2. The largest absolute Gasteiger partial charge is 0.357 e. The van der Waals surface area contributed by atoms with Crippen LogP contribution < -0.4 is 9.62 Å². The number of benzene rings is 3. The van der Waals surface area contributed by atoms with Crippen LogP contribution in [-0.2, 0) is 32.6 Å². The SMILES string of the molecule is CNC(=O)C(Cc1ccccc1)N(Cc1c(Cl)cccc1Cl)C(=O)CCCN(c1ccccc1C)S(C)(=O)=O. The van der Waals surface area contributed by atoms with E-state index in [4.69, 9.17) is 23.2 Å². The molecule has 10 heteroatoms. The van der Waals surface area contributed by atoms with Gasteiger partial charge in [-0.15, -0.1) is 0 Å². The minimum Gasteiger partial charge on any atom is -0.357 e. The number of aryl methyl sites for hydroxylation is 1. The molecule has 0 radical (unpaired) electrons. The molecular weight excluding hydrogens is 557 g/mol. The topological polar surface area (TPSA) is 86.8 Å². The van der Waals surface area contributed by atoms with Crippen molar-refractivity contribution in [2.24, 2.45) is 0 Å². The molecule has 0 saturated carbocycles. The van der Waals surface area contributed by atoms with E-state index in [-0.39, 0.29) is 44.2 Å². The predicted octanol–water partition coefficient (Wildman–Crippen LogP) is 5.23. The van der Waals surface area contributed by atoms with Gasteiger partial charge in [-0.2, -0.15) is 0 Å². The molecule has 0 aliphatic heterocycles. The highest BCUT2D eigenvalue weighted by Gasteiger charge is 2.31. The fourth-order valence-electron chi connectivity index (χ4n) is 4.40. The molecule has 0 bridgehead atoms. The van der Waals surface area contributed by atoms with Crippen molar-refractivity contribution in [3.63, 3.8) is 0 Å². The molecule has 1 unspecified atom stereocenters. The van der Waals surface area contributed by atoms with Gasteiger partial charge in [-0.25, -0.2) is 8.42 Å². The number of hydrogen-bond acceptors (Lipinski definition) is 4. The average molecular weight is 591 g/mol. The van der Waals surface area contributed by atoms with Gasteiger partial charge < -0.3 is 10.2 Å². The molecule has 208 valence electrons.